The molecule has 0 aromatic heterocycles. The molecule has 1 aromatic rings. The second-order valence-corrected chi connectivity index (χ2v) is 8.74. The summed E-state index contributed by atoms with van der Waals surface area (Å²) in [5.41, 5.74) is -4.13. The fourth-order valence-electron chi connectivity index (χ4n) is 5.59. The normalized spacial score (nSPS) is 39.2. The molecular formula is C21H23NO7. The number of carbonyl (C=O) groups excluding carboxylic acids is 4. The third-order valence-corrected chi connectivity index (χ3v) is 6.97. The molecule has 0 spiro atoms. The third kappa shape index (κ3) is 2.36. The highest BCUT2D eigenvalue weighted by molar-refractivity contribution is 6.26. The number of hydrogen-bond donors (Lipinski definition) is 3. The molecule has 4 rings (SSSR count). The van der Waals surface area contributed by atoms with Crippen LogP contribution in [0.5, 0.6) is 5.75 Å². The van der Waals surface area contributed by atoms with E-state index in [1.807, 2.05) is 0 Å². The highest BCUT2D eigenvalue weighted by atomic mass is 16.3. The fraction of sp³-hybridized carbons (Fsp3) is 0.524. The van der Waals surface area contributed by atoms with Gasteiger partial charge in [-0.1, -0.05) is 12.1 Å². The van der Waals surface area contributed by atoms with Gasteiger partial charge in [-0.05, 0) is 39.1 Å². The molecule has 29 heavy (non-hydrogen) atoms. The molecule has 6 atom stereocenters. The number of rotatable bonds is 1. The van der Waals surface area contributed by atoms with Crippen LogP contribution in [0.3, 0.4) is 0 Å². The molecule has 2 fully saturated rings. The number of fused-ring (bicyclic) bond motifs is 3. The zero-order chi connectivity index (χ0) is 21.5. The van der Waals surface area contributed by atoms with Crippen LogP contribution in [0.4, 0.5) is 0 Å². The minimum atomic E-state index is -2.47. The van der Waals surface area contributed by atoms with Gasteiger partial charge < -0.3 is 15.3 Å². The van der Waals surface area contributed by atoms with Gasteiger partial charge in [-0.2, -0.15) is 0 Å². The van der Waals surface area contributed by atoms with Gasteiger partial charge in [0.05, 0.1) is 29.5 Å². The first kappa shape index (κ1) is 19.9. The van der Waals surface area contributed by atoms with Crippen LogP contribution >= 0.6 is 0 Å². The summed E-state index contributed by atoms with van der Waals surface area (Å²) >= 11 is 0. The van der Waals surface area contributed by atoms with Crippen molar-refractivity contribution in [3.8, 4) is 5.75 Å². The van der Waals surface area contributed by atoms with Crippen molar-refractivity contribution in [3.05, 3.63) is 29.3 Å². The number of likely N-dealkylation sites (N-methyl/N-ethyl adjacent to an activating group) is 1. The molecular weight excluding hydrogens is 378 g/mol. The largest absolute Gasteiger partial charge is 0.507 e. The lowest BCUT2D eigenvalue weighted by molar-refractivity contribution is -0.184. The first-order chi connectivity index (χ1) is 13.4. The van der Waals surface area contributed by atoms with Gasteiger partial charge >= 0.3 is 0 Å². The Morgan fingerprint density at radius 3 is 2.34 bits per heavy atom. The van der Waals surface area contributed by atoms with E-state index in [-0.39, 0.29) is 23.3 Å². The maximum atomic E-state index is 13.4. The number of Topliss-reactive ketones (excluding diaryl/α,β-unsaturated/α-hetero) is 4. The number of benzene rings is 1. The molecule has 0 saturated heterocycles. The van der Waals surface area contributed by atoms with E-state index in [2.05, 4.69) is 0 Å². The van der Waals surface area contributed by atoms with Crippen LogP contribution in [0.1, 0.15) is 35.7 Å². The number of phenols is 1. The summed E-state index contributed by atoms with van der Waals surface area (Å²) in [6.07, 6.45) is -0.660. The summed E-state index contributed by atoms with van der Waals surface area (Å²) in [7, 11) is 3.24. The molecule has 154 valence electrons. The Balaban J connectivity index is 1.93. The molecule has 6 unspecified atom stereocenters. The van der Waals surface area contributed by atoms with Gasteiger partial charge in [-0.3, -0.25) is 24.1 Å². The Hall–Kier alpha value is -2.42. The molecule has 8 heteroatoms. The molecule has 0 amide bonds. The maximum Gasteiger partial charge on any atom is 0.187 e. The monoisotopic (exact) mass is 401 g/mol. The van der Waals surface area contributed by atoms with Crippen LogP contribution in [0.25, 0.3) is 0 Å². The second-order valence-electron chi connectivity index (χ2n) is 8.74. The number of phenolic OH excluding ortho intramolecular Hbond substituents is 1. The highest BCUT2D eigenvalue weighted by Crippen LogP contribution is 2.55. The lowest BCUT2D eigenvalue weighted by Crippen LogP contribution is -2.71. The Kier molecular flexibility index (Phi) is 4.14. The number of hydrogen-bond acceptors (Lipinski definition) is 8. The van der Waals surface area contributed by atoms with Crippen LogP contribution < -0.4 is 0 Å². The molecule has 1 aromatic carbocycles. The maximum absolute atomic E-state index is 13.4. The molecule has 0 aliphatic heterocycles. The number of aromatic hydroxyl groups is 1. The topological polar surface area (TPSA) is 132 Å². The number of nitrogens with zero attached hydrogens (tertiary/aromatic N) is 1. The smallest absolute Gasteiger partial charge is 0.187 e. The number of carbonyl (C=O) groups is 4. The second kappa shape index (κ2) is 6.04. The molecule has 2 saturated carbocycles. The van der Waals surface area contributed by atoms with E-state index in [1.54, 1.807) is 19.0 Å². The third-order valence-electron chi connectivity index (χ3n) is 6.97. The van der Waals surface area contributed by atoms with Crippen LogP contribution in [0, 0.1) is 17.8 Å². The van der Waals surface area contributed by atoms with Crippen molar-refractivity contribution in [3.63, 3.8) is 0 Å². The lowest BCUT2D eigenvalue weighted by Gasteiger charge is -2.54. The van der Waals surface area contributed by atoms with E-state index in [1.165, 1.54) is 25.1 Å². The summed E-state index contributed by atoms with van der Waals surface area (Å²) in [5, 5.41) is 32.8. The summed E-state index contributed by atoms with van der Waals surface area (Å²) in [6, 6.07) is 3.40. The van der Waals surface area contributed by atoms with Gasteiger partial charge in [0.25, 0.3) is 0 Å². The van der Waals surface area contributed by atoms with Crippen LogP contribution in [0.15, 0.2) is 18.2 Å². The molecule has 0 radical (unpaired) electrons. The Morgan fingerprint density at radius 1 is 1.07 bits per heavy atom. The number of aliphatic hydroxyl groups is 2. The standard InChI is InChI=1S/C21H23NO7/c1-20(28)9-5-4-6-12(23)15(9)18(26)16-10(20)7-11-17(22(2)3)13(24)8-14(25)21(11,29)19(16)27/h4-6,10-11,16-17,23,28-29H,7-8H2,1-3H3. The zero-order valence-corrected chi connectivity index (χ0v) is 16.4. The quantitative estimate of drug-likeness (QED) is 0.552. The summed E-state index contributed by atoms with van der Waals surface area (Å²) < 4.78 is 0. The molecule has 0 bridgehead atoms. The SMILES string of the molecule is CN(C)C1C(=O)CC(=O)C2(O)C(=O)C3C(=O)c4c(O)cccc4C(C)(O)C3CC12. The van der Waals surface area contributed by atoms with Crippen LogP contribution in [0.2, 0.25) is 0 Å². The van der Waals surface area contributed by atoms with E-state index in [4.69, 9.17) is 0 Å². The Bertz CT molecular complexity index is 966. The minimum Gasteiger partial charge on any atom is -0.507 e. The van der Waals surface area contributed by atoms with Crippen molar-refractivity contribution < 1.29 is 34.5 Å². The summed E-state index contributed by atoms with van der Waals surface area (Å²) in [6.45, 7) is 1.45. The first-order valence-corrected chi connectivity index (χ1v) is 9.52. The van der Waals surface area contributed by atoms with Crippen molar-refractivity contribution in [2.75, 3.05) is 14.1 Å². The van der Waals surface area contributed by atoms with E-state index < -0.39 is 64.6 Å². The van der Waals surface area contributed by atoms with E-state index in [9.17, 15) is 34.5 Å². The van der Waals surface area contributed by atoms with Gasteiger partial charge in [0, 0.05) is 11.8 Å². The minimum absolute atomic E-state index is 0.0684. The van der Waals surface area contributed by atoms with Gasteiger partial charge in [-0.15, -0.1) is 0 Å². The highest BCUT2D eigenvalue weighted by Gasteiger charge is 2.68. The van der Waals surface area contributed by atoms with Crippen LogP contribution in [-0.4, -0.2) is 69.1 Å². The Morgan fingerprint density at radius 2 is 1.72 bits per heavy atom. The molecule has 8 nitrogen and oxygen atoms in total. The van der Waals surface area contributed by atoms with Crippen molar-refractivity contribution in [1.82, 2.24) is 4.90 Å². The average molecular weight is 401 g/mol. The van der Waals surface area contributed by atoms with Gasteiger partial charge in [0.15, 0.2) is 28.7 Å². The predicted octanol–water partition coefficient (Wildman–Crippen LogP) is -0.179. The average Bonchev–Trinajstić information content (AvgIpc) is 2.62. The Labute approximate surface area is 167 Å². The molecule has 3 aliphatic rings. The molecule has 0 heterocycles. The van der Waals surface area contributed by atoms with Gasteiger partial charge in [-0.25, -0.2) is 0 Å². The van der Waals surface area contributed by atoms with Crippen LogP contribution in [-0.2, 0) is 20.0 Å². The van der Waals surface area contributed by atoms with Gasteiger partial charge in [0.2, 0.25) is 0 Å². The van der Waals surface area contributed by atoms with E-state index >= 15 is 0 Å². The van der Waals surface area contributed by atoms with Gasteiger partial charge in [0.1, 0.15) is 5.75 Å². The first-order valence-electron chi connectivity index (χ1n) is 9.52. The zero-order valence-electron chi connectivity index (χ0n) is 16.4. The predicted molar refractivity (Wildman–Crippen MR) is 99.2 cm³/mol. The van der Waals surface area contributed by atoms with Crippen molar-refractivity contribution >= 4 is 23.1 Å². The molecule has 3 aliphatic carbocycles. The lowest BCUT2D eigenvalue weighted by atomic mass is 9.51. The van der Waals surface area contributed by atoms with E-state index in [0.29, 0.717) is 0 Å². The molecule has 3 N–H and O–H groups in total. The van der Waals surface area contributed by atoms with Crippen molar-refractivity contribution in [2.45, 2.75) is 37.0 Å². The number of ketones is 4. The van der Waals surface area contributed by atoms with E-state index in [0.717, 1.165) is 0 Å². The van der Waals surface area contributed by atoms with Crippen molar-refractivity contribution in [1.29, 1.82) is 0 Å². The summed E-state index contributed by atoms with van der Waals surface area (Å²) in [4.78, 5) is 53.3. The van der Waals surface area contributed by atoms with Crippen molar-refractivity contribution in [2.24, 2.45) is 17.8 Å². The summed E-state index contributed by atoms with van der Waals surface area (Å²) in [5.74, 6) is -6.90. The fourth-order valence-corrected chi connectivity index (χ4v) is 5.59.